The summed E-state index contributed by atoms with van der Waals surface area (Å²) in [6.45, 7) is 3.41. The number of aryl methyl sites for hydroxylation is 1. The summed E-state index contributed by atoms with van der Waals surface area (Å²) in [4.78, 5) is 12.3. The predicted molar refractivity (Wildman–Crippen MR) is 106 cm³/mol. The van der Waals surface area contributed by atoms with Crippen LogP contribution in [0.4, 0.5) is 5.69 Å². The molecule has 8 heteroatoms. The monoisotopic (exact) mass is 404 g/mol. The number of benzene rings is 2. The molecule has 0 atom stereocenters. The molecule has 0 saturated carbocycles. The third-order valence-electron chi connectivity index (χ3n) is 4.42. The second-order valence-electron chi connectivity index (χ2n) is 6.38. The average Bonchev–Trinajstić information content (AvgIpc) is 2.73. The van der Waals surface area contributed by atoms with E-state index >= 15 is 0 Å². The Bertz CT molecular complexity index is 906. The van der Waals surface area contributed by atoms with Crippen LogP contribution in [-0.4, -0.2) is 51.5 Å². The van der Waals surface area contributed by atoms with Crippen LogP contribution in [0.2, 0.25) is 0 Å². The molecule has 28 heavy (non-hydrogen) atoms. The van der Waals surface area contributed by atoms with Crippen molar-refractivity contribution in [2.75, 3.05) is 38.2 Å². The molecule has 1 aliphatic rings. The second kappa shape index (κ2) is 9.18. The fraction of sp³-hybridized carbons (Fsp3) is 0.350. The maximum atomic E-state index is 12.6. The Labute approximate surface area is 165 Å². The third-order valence-corrected chi connectivity index (χ3v) is 6.34. The number of nitrogens with zero attached hydrogens (tertiary/aromatic N) is 1. The first-order valence-electron chi connectivity index (χ1n) is 9.18. The fourth-order valence-corrected chi connectivity index (χ4v) is 4.26. The molecule has 1 saturated heterocycles. The summed E-state index contributed by atoms with van der Waals surface area (Å²) in [6, 6.07) is 13.7. The maximum absolute atomic E-state index is 12.6. The lowest BCUT2D eigenvalue weighted by Crippen LogP contribution is -2.40. The minimum Gasteiger partial charge on any atom is -0.484 e. The zero-order chi connectivity index (χ0) is 20.0. The molecule has 150 valence electrons. The zero-order valence-corrected chi connectivity index (χ0v) is 16.6. The number of amides is 1. The zero-order valence-electron chi connectivity index (χ0n) is 15.8. The van der Waals surface area contributed by atoms with Crippen molar-refractivity contribution >= 4 is 21.6 Å². The molecular weight excluding hydrogens is 380 g/mol. The molecule has 0 bridgehead atoms. The Hall–Kier alpha value is -2.42. The molecule has 1 aliphatic heterocycles. The Morgan fingerprint density at radius 3 is 2.54 bits per heavy atom. The molecule has 7 nitrogen and oxygen atoms in total. The van der Waals surface area contributed by atoms with E-state index < -0.39 is 10.0 Å². The highest BCUT2D eigenvalue weighted by Crippen LogP contribution is 2.19. The summed E-state index contributed by atoms with van der Waals surface area (Å²) in [7, 11) is -3.54. The van der Waals surface area contributed by atoms with E-state index in [0.717, 1.165) is 12.0 Å². The van der Waals surface area contributed by atoms with Crippen molar-refractivity contribution in [3.8, 4) is 5.75 Å². The lowest BCUT2D eigenvalue weighted by Gasteiger charge is -2.26. The van der Waals surface area contributed by atoms with Crippen molar-refractivity contribution in [3.63, 3.8) is 0 Å². The molecule has 2 aromatic rings. The van der Waals surface area contributed by atoms with Gasteiger partial charge >= 0.3 is 0 Å². The Kier molecular flexibility index (Phi) is 6.66. The molecule has 0 radical (unpaired) electrons. The van der Waals surface area contributed by atoms with E-state index in [-0.39, 0.29) is 17.4 Å². The van der Waals surface area contributed by atoms with E-state index in [9.17, 15) is 13.2 Å². The van der Waals surface area contributed by atoms with Crippen LogP contribution in [0.3, 0.4) is 0 Å². The minimum absolute atomic E-state index is 0.124. The number of anilines is 1. The number of morpholine rings is 1. The largest absolute Gasteiger partial charge is 0.484 e. The molecule has 0 spiro atoms. The van der Waals surface area contributed by atoms with Crippen LogP contribution in [0, 0.1) is 0 Å². The van der Waals surface area contributed by atoms with E-state index in [1.165, 1.54) is 16.4 Å². The summed E-state index contributed by atoms with van der Waals surface area (Å²) < 4.78 is 37.3. The van der Waals surface area contributed by atoms with Crippen LogP contribution in [0.15, 0.2) is 53.4 Å². The molecule has 1 amide bonds. The normalized spacial score (nSPS) is 15.2. The van der Waals surface area contributed by atoms with Gasteiger partial charge in [-0.1, -0.05) is 19.1 Å². The highest BCUT2D eigenvalue weighted by molar-refractivity contribution is 7.89. The summed E-state index contributed by atoms with van der Waals surface area (Å²) in [5.41, 5.74) is 1.65. The molecule has 1 fully saturated rings. The molecule has 3 rings (SSSR count). The van der Waals surface area contributed by atoms with Crippen LogP contribution in [-0.2, 0) is 26.0 Å². The quantitative estimate of drug-likeness (QED) is 0.765. The van der Waals surface area contributed by atoms with Gasteiger partial charge in [0.05, 0.1) is 18.1 Å². The van der Waals surface area contributed by atoms with E-state index in [1.807, 2.05) is 18.2 Å². The standard InChI is InChI=1S/C20H24N2O5S/c1-2-16-4-3-5-18(14-16)27-15-20(23)21-17-6-8-19(9-7-17)28(24,25)22-10-12-26-13-11-22/h3-9,14H,2,10-13,15H2,1H3,(H,21,23). The number of hydrogen-bond donors (Lipinski definition) is 1. The van der Waals surface area contributed by atoms with Gasteiger partial charge in [-0.25, -0.2) is 8.42 Å². The van der Waals surface area contributed by atoms with E-state index in [4.69, 9.17) is 9.47 Å². The molecule has 2 aromatic carbocycles. The van der Waals surface area contributed by atoms with Crippen molar-refractivity contribution in [2.24, 2.45) is 0 Å². The Morgan fingerprint density at radius 1 is 1.14 bits per heavy atom. The van der Waals surface area contributed by atoms with Gasteiger partial charge in [-0.2, -0.15) is 4.31 Å². The smallest absolute Gasteiger partial charge is 0.262 e. The third kappa shape index (κ3) is 5.09. The number of nitrogens with one attached hydrogen (secondary N) is 1. The van der Waals surface area contributed by atoms with Crippen LogP contribution >= 0.6 is 0 Å². The van der Waals surface area contributed by atoms with E-state index in [0.29, 0.717) is 37.7 Å². The molecule has 0 unspecified atom stereocenters. The Balaban J connectivity index is 1.56. The first kappa shape index (κ1) is 20.3. The van der Waals surface area contributed by atoms with Gasteiger partial charge in [0.25, 0.3) is 5.91 Å². The molecular formula is C20H24N2O5S. The van der Waals surface area contributed by atoms with Crippen LogP contribution in [0.25, 0.3) is 0 Å². The van der Waals surface area contributed by atoms with Crippen molar-refractivity contribution in [1.29, 1.82) is 0 Å². The van der Waals surface area contributed by atoms with Gasteiger partial charge in [-0.05, 0) is 48.4 Å². The summed E-state index contributed by atoms with van der Waals surface area (Å²) in [5.74, 6) is 0.326. The number of hydrogen-bond acceptors (Lipinski definition) is 5. The molecule has 1 heterocycles. The number of rotatable bonds is 7. The summed E-state index contributed by atoms with van der Waals surface area (Å²) in [6.07, 6.45) is 0.892. The average molecular weight is 404 g/mol. The first-order valence-corrected chi connectivity index (χ1v) is 10.6. The predicted octanol–water partition coefficient (Wildman–Crippen LogP) is 2.29. The van der Waals surface area contributed by atoms with Gasteiger partial charge in [-0.3, -0.25) is 4.79 Å². The minimum atomic E-state index is -3.54. The van der Waals surface area contributed by atoms with E-state index in [1.54, 1.807) is 18.2 Å². The summed E-state index contributed by atoms with van der Waals surface area (Å²) in [5, 5.41) is 2.71. The van der Waals surface area contributed by atoms with Crippen LogP contribution in [0.5, 0.6) is 5.75 Å². The van der Waals surface area contributed by atoms with Crippen molar-refractivity contribution in [2.45, 2.75) is 18.2 Å². The summed E-state index contributed by atoms with van der Waals surface area (Å²) >= 11 is 0. The maximum Gasteiger partial charge on any atom is 0.262 e. The van der Waals surface area contributed by atoms with Gasteiger partial charge in [0, 0.05) is 18.8 Å². The SMILES string of the molecule is CCc1cccc(OCC(=O)Nc2ccc(S(=O)(=O)N3CCOCC3)cc2)c1. The van der Waals surface area contributed by atoms with Gasteiger partial charge in [0.15, 0.2) is 6.61 Å². The number of ether oxygens (including phenoxy) is 2. The first-order chi connectivity index (χ1) is 13.5. The number of carbonyl (C=O) groups is 1. The number of sulfonamides is 1. The molecule has 0 aromatic heterocycles. The van der Waals surface area contributed by atoms with Gasteiger partial charge in [-0.15, -0.1) is 0 Å². The van der Waals surface area contributed by atoms with Gasteiger partial charge in [0.2, 0.25) is 10.0 Å². The highest BCUT2D eigenvalue weighted by atomic mass is 32.2. The van der Waals surface area contributed by atoms with Gasteiger partial charge in [0.1, 0.15) is 5.75 Å². The molecule has 0 aliphatic carbocycles. The van der Waals surface area contributed by atoms with Crippen molar-refractivity contribution < 1.29 is 22.7 Å². The van der Waals surface area contributed by atoms with Crippen molar-refractivity contribution in [1.82, 2.24) is 4.31 Å². The fourth-order valence-electron chi connectivity index (χ4n) is 2.85. The molecule has 1 N–H and O–H groups in total. The lowest BCUT2D eigenvalue weighted by molar-refractivity contribution is -0.118. The highest BCUT2D eigenvalue weighted by Gasteiger charge is 2.26. The topological polar surface area (TPSA) is 84.9 Å². The number of carbonyl (C=O) groups excluding carboxylic acids is 1. The second-order valence-corrected chi connectivity index (χ2v) is 8.32. The van der Waals surface area contributed by atoms with E-state index in [2.05, 4.69) is 12.2 Å². The lowest BCUT2D eigenvalue weighted by atomic mass is 10.2. The Morgan fingerprint density at radius 2 is 1.86 bits per heavy atom. The van der Waals surface area contributed by atoms with Gasteiger partial charge < -0.3 is 14.8 Å². The van der Waals surface area contributed by atoms with Crippen LogP contribution < -0.4 is 10.1 Å². The van der Waals surface area contributed by atoms with Crippen molar-refractivity contribution in [3.05, 3.63) is 54.1 Å². The van der Waals surface area contributed by atoms with Crippen LogP contribution in [0.1, 0.15) is 12.5 Å².